The lowest BCUT2D eigenvalue weighted by atomic mass is 10.0. The summed E-state index contributed by atoms with van der Waals surface area (Å²) in [5.41, 5.74) is 1.75. The average molecular weight is 261 g/mol. The van der Waals surface area contributed by atoms with Crippen LogP contribution >= 0.6 is 0 Å². The highest BCUT2D eigenvalue weighted by atomic mass is 16.3. The number of carbonyl (C=O) groups excluding carboxylic acids is 1. The van der Waals surface area contributed by atoms with Crippen LogP contribution in [-0.2, 0) is 17.6 Å². The molecule has 1 aromatic carbocycles. The molecule has 0 saturated heterocycles. The van der Waals surface area contributed by atoms with Crippen LogP contribution in [0, 0.1) is 5.92 Å². The number of rotatable bonds is 4. The molecule has 0 saturated carbocycles. The van der Waals surface area contributed by atoms with Crippen molar-refractivity contribution in [1.29, 1.82) is 0 Å². The molecule has 2 rings (SSSR count). The van der Waals surface area contributed by atoms with Gasteiger partial charge in [-0.3, -0.25) is 4.79 Å². The summed E-state index contributed by atoms with van der Waals surface area (Å²) in [6, 6.07) is 8.27. The summed E-state index contributed by atoms with van der Waals surface area (Å²) in [6.07, 6.45) is 1.66. The summed E-state index contributed by atoms with van der Waals surface area (Å²) in [6.45, 7) is 6.50. The molecule has 0 aliphatic heterocycles. The van der Waals surface area contributed by atoms with E-state index >= 15 is 0 Å². The number of fused-ring (bicyclic) bond motifs is 1. The molecular weight excluding hydrogens is 238 g/mol. The summed E-state index contributed by atoms with van der Waals surface area (Å²) < 4.78 is 0. The normalized spacial score (nSPS) is 15.4. The number of aliphatic hydroxyl groups is 1. The monoisotopic (exact) mass is 261 g/mol. The van der Waals surface area contributed by atoms with Crippen molar-refractivity contribution in [2.75, 3.05) is 13.1 Å². The molecule has 1 N–H and O–H groups in total. The molecule has 3 heteroatoms. The molecule has 1 amide bonds. The summed E-state index contributed by atoms with van der Waals surface area (Å²) in [5, 5.41) is 9.89. The number of likely N-dealkylation sites (N-methyl/N-ethyl adjacent to an activating group) is 1. The van der Waals surface area contributed by atoms with Crippen molar-refractivity contribution in [2.45, 2.75) is 39.2 Å². The Labute approximate surface area is 115 Å². The van der Waals surface area contributed by atoms with E-state index in [0.717, 1.165) is 12.8 Å². The molecule has 104 valence electrons. The van der Waals surface area contributed by atoms with E-state index in [9.17, 15) is 9.90 Å². The number of benzene rings is 1. The van der Waals surface area contributed by atoms with Gasteiger partial charge in [0.1, 0.15) is 0 Å². The van der Waals surface area contributed by atoms with Gasteiger partial charge in [0, 0.05) is 19.0 Å². The van der Waals surface area contributed by atoms with Gasteiger partial charge in [-0.2, -0.15) is 0 Å². The number of hydrogen-bond donors (Lipinski definition) is 1. The van der Waals surface area contributed by atoms with Crippen molar-refractivity contribution in [2.24, 2.45) is 5.92 Å². The van der Waals surface area contributed by atoms with Crippen molar-refractivity contribution in [3.63, 3.8) is 0 Å². The van der Waals surface area contributed by atoms with Gasteiger partial charge in [-0.25, -0.2) is 0 Å². The summed E-state index contributed by atoms with van der Waals surface area (Å²) >= 11 is 0. The molecule has 3 nitrogen and oxygen atoms in total. The average Bonchev–Trinajstić information content (AvgIpc) is 2.77. The molecule has 1 aliphatic rings. The van der Waals surface area contributed by atoms with Crippen LogP contribution in [0.3, 0.4) is 0 Å². The highest BCUT2D eigenvalue weighted by molar-refractivity contribution is 5.80. The van der Waals surface area contributed by atoms with Gasteiger partial charge in [-0.05, 0) is 44.7 Å². The maximum absolute atomic E-state index is 12.5. The first-order chi connectivity index (χ1) is 8.90. The fourth-order valence-electron chi connectivity index (χ4n) is 2.80. The Morgan fingerprint density at radius 3 is 2.26 bits per heavy atom. The highest BCUT2D eigenvalue weighted by Crippen LogP contribution is 2.28. The Morgan fingerprint density at radius 2 is 1.84 bits per heavy atom. The van der Waals surface area contributed by atoms with Gasteiger partial charge < -0.3 is 10.0 Å². The molecule has 1 aromatic rings. The maximum atomic E-state index is 12.5. The van der Waals surface area contributed by atoms with Gasteiger partial charge >= 0.3 is 0 Å². The first kappa shape index (κ1) is 14.1. The molecule has 0 fully saturated rings. The smallest absolute Gasteiger partial charge is 0.226 e. The van der Waals surface area contributed by atoms with Crippen LogP contribution in [0.15, 0.2) is 24.3 Å². The van der Waals surface area contributed by atoms with Crippen molar-refractivity contribution in [3.8, 4) is 0 Å². The van der Waals surface area contributed by atoms with Crippen molar-refractivity contribution in [1.82, 2.24) is 4.90 Å². The predicted molar refractivity (Wildman–Crippen MR) is 75.9 cm³/mol. The minimum atomic E-state index is -0.836. The third-order valence-corrected chi connectivity index (χ3v) is 3.67. The third-order valence-electron chi connectivity index (χ3n) is 3.67. The highest BCUT2D eigenvalue weighted by Gasteiger charge is 2.31. The van der Waals surface area contributed by atoms with Gasteiger partial charge in [-0.1, -0.05) is 24.3 Å². The second kappa shape index (κ2) is 5.33. The Balaban J connectivity index is 2.05. The Bertz CT molecular complexity index is 437. The van der Waals surface area contributed by atoms with Crippen molar-refractivity contribution >= 4 is 5.91 Å². The minimum Gasteiger partial charge on any atom is -0.389 e. The lowest BCUT2D eigenvalue weighted by Crippen LogP contribution is -2.44. The molecule has 19 heavy (non-hydrogen) atoms. The van der Waals surface area contributed by atoms with Crippen LogP contribution in [-0.4, -0.2) is 34.6 Å². The molecule has 0 unspecified atom stereocenters. The van der Waals surface area contributed by atoms with E-state index in [1.165, 1.54) is 11.1 Å². The molecule has 0 aromatic heterocycles. The molecule has 0 spiro atoms. The lowest BCUT2D eigenvalue weighted by Gasteiger charge is -2.30. The molecule has 0 heterocycles. The fourth-order valence-corrected chi connectivity index (χ4v) is 2.80. The molecule has 0 atom stereocenters. The van der Waals surface area contributed by atoms with Crippen LogP contribution < -0.4 is 0 Å². The summed E-state index contributed by atoms with van der Waals surface area (Å²) in [4.78, 5) is 14.3. The number of nitrogens with zero attached hydrogens (tertiary/aromatic N) is 1. The zero-order chi connectivity index (χ0) is 14.0. The van der Waals surface area contributed by atoms with Crippen LogP contribution in [0.2, 0.25) is 0 Å². The summed E-state index contributed by atoms with van der Waals surface area (Å²) in [7, 11) is 0. The zero-order valence-electron chi connectivity index (χ0n) is 12.0. The Kier molecular flexibility index (Phi) is 3.95. The van der Waals surface area contributed by atoms with Gasteiger partial charge in [0.25, 0.3) is 0 Å². The molecule has 0 radical (unpaired) electrons. The third kappa shape index (κ3) is 3.35. The van der Waals surface area contributed by atoms with E-state index in [0.29, 0.717) is 13.1 Å². The second-order valence-electron chi connectivity index (χ2n) is 6.04. The number of amides is 1. The largest absolute Gasteiger partial charge is 0.389 e. The van der Waals surface area contributed by atoms with Crippen molar-refractivity contribution in [3.05, 3.63) is 35.4 Å². The fraction of sp³-hybridized carbons (Fsp3) is 0.562. The van der Waals surface area contributed by atoms with Gasteiger partial charge in [0.15, 0.2) is 0 Å². The molecule has 1 aliphatic carbocycles. The minimum absolute atomic E-state index is 0.0414. The van der Waals surface area contributed by atoms with Crippen LogP contribution in [0.1, 0.15) is 31.9 Å². The Hall–Kier alpha value is -1.35. The number of carbonyl (C=O) groups is 1. The van der Waals surface area contributed by atoms with Crippen LogP contribution in [0.4, 0.5) is 0 Å². The van der Waals surface area contributed by atoms with Crippen LogP contribution in [0.25, 0.3) is 0 Å². The first-order valence-corrected chi connectivity index (χ1v) is 6.98. The SMILES string of the molecule is CCN(CC(C)(C)O)C(=O)C1Cc2ccccc2C1. The van der Waals surface area contributed by atoms with E-state index in [-0.39, 0.29) is 11.8 Å². The molecule has 0 bridgehead atoms. The predicted octanol–water partition coefficient (Wildman–Crippen LogP) is 2.02. The number of hydrogen-bond acceptors (Lipinski definition) is 2. The lowest BCUT2D eigenvalue weighted by molar-refractivity contribution is -0.138. The maximum Gasteiger partial charge on any atom is 0.226 e. The first-order valence-electron chi connectivity index (χ1n) is 6.98. The van der Waals surface area contributed by atoms with E-state index in [1.807, 2.05) is 19.1 Å². The molecular formula is C16H23NO2. The van der Waals surface area contributed by atoms with Gasteiger partial charge in [0.05, 0.1) is 5.60 Å². The van der Waals surface area contributed by atoms with Gasteiger partial charge in [0.2, 0.25) is 5.91 Å². The van der Waals surface area contributed by atoms with Crippen molar-refractivity contribution < 1.29 is 9.90 Å². The summed E-state index contributed by atoms with van der Waals surface area (Å²) in [5.74, 6) is 0.209. The quantitative estimate of drug-likeness (QED) is 0.901. The van der Waals surface area contributed by atoms with E-state index in [1.54, 1.807) is 18.7 Å². The van der Waals surface area contributed by atoms with E-state index in [2.05, 4.69) is 12.1 Å². The van der Waals surface area contributed by atoms with Crippen LogP contribution in [0.5, 0.6) is 0 Å². The Morgan fingerprint density at radius 1 is 1.32 bits per heavy atom. The standard InChI is InChI=1S/C16H23NO2/c1-4-17(11-16(2,3)19)15(18)14-9-12-7-5-6-8-13(12)10-14/h5-8,14,19H,4,9-11H2,1-3H3. The van der Waals surface area contributed by atoms with Gasteiger partial charge in [-0.15, -0.1) is 0 Å². The second-order valence-corrected chi connectivity index (χ2v) is 6.04. The topological polar surface area (TPSA) is 40.5 Å². The van der Waals surface area contributed by atoms with E-state index in [4.69, 9.17) is 0 Å². The zero-order valence-corrected chi connectivity index (χ0v) is 12.0. The van der Waals surface area contributed by atoms with E-state index < -0.39 is 5.60 Å².